The lowest BCUT2D eigenvalue weighted by atomic mass is 9.94. The second-order valence-electron chi connectivity index (χ2n) is 8.12. The zero-order chi connectivity index (χ0) is 25.1. The van der Waals surface area contributed by atoms with Gasteiger partial charge in [0.2, 0.25) is 0 Å². The van der Waals surface area contributed by atoms with Gasteiger partial charge in [-0.2, -0.15) is 0 Å². The van der Waals surface area contributed by atoms with Crippen molar-refractivity contribution in [1.82, 2.24) is 0 Å². The summed E-state index contributed by atoms with van der Waals surface area (Å²) in [5, 5.41) is 11.7. The van der Waals surface area contributed by atoms with Crippen LogP contribution in [0.3, 0.4) is 0 Å². The highest BCUT2D eigenvalue weighted by Gasteiger charge is 2.47. The Kier molecular flexibility index (Phi) is 7.12. The Hall–Kier alpha value is -3.77. The molecule has 4 rings (SSSR count). The Morgan fingerprint density at radius 3 is 2.31 bits per heavy atom. The van der Waals surface area contributed by atoms with Gasteiger partial charge in [0.25, 0.3) is 11.7 Å². The highest BCUT2D eigenvalue weighted by molar-refractivity contribution is 6.52. The predicted molar refractivity (Wildman–Crippen MR) is 139 cm³/mol. The summed E-state index contributed by atoms with van der Waals surface area (Å²) in [7, 11) is 1.51. The summed E-state index contributed by atoms with van der Waals surface area (Å²) in [6.07, 6.45) is 0. The van der Waals surface area contributed by atoms with Gasteiger partial charge in [0.05, 0.1) is 24.4 Å². The predicted octanol–water partition coefficient (Wildman–Crippen LogP) is 5.82. The van der Waals surface area contributed by atoms with Crippen molar-refractivity contribution < 1.29 is 19.4 Å². The number of nitrogens with zero attached hydrogens (tertiary/aromatic N) is 2. The standard InChI is InChI=1S/C28H27ClN2O4/c1-4-30(5-2)21-15-13-18(14-16-21)25-24(26(32)19-9-8-10-20(29)17-19)27(33)28(34)31(25)22-11-6-7-12-23(22)35-3/h6-17,25,32H,4-5H2,1-3H3/b26-24-. The first-order valence-corrected chi connectivity index (χ1v) is 11.8. The first-order valence-electron chi connectivity index (χ1n) is 11.5. The average molecular weight is 491 g/mol. The number of benzene rings is 3. The van der Waals surface area contributed by atoms with E-state index in [1.807, 2.05) is 24.3 Å². The normalized spacial score (nSPS) is 17.0. The summed E-state index contributed by atoms with van der Waals surface area (Å²) >= 11 is 6.14. The maximum absolute atomic E-state index is 13.4. The van der Waals surface area contributed by atoms with Crippen LogP contribution in [0, 0.1) is 0 Å². The molecule has 180 valence electrons. The van der Waals surface area contributed by atoms with Gasteiger partial charge >= 0.3 is 0 Å². The lowest BCUT2D eigenvalue weighted by Gasteiger charge is -2.27. The Balaban J connectivity index is 1.93. The van der Waals surface area contributed by atoms with E-state index in [2.05, 4.69) is 18.7 Å². The summed E-state index contributed by atoms with van der Waals surface area (Å²) in [5.74, 6) is -1.34. The van der Waals surface area contributed by atoms with E-state index in [0.717, 1.165) is 18.8 Å². The van der Waals surface area contributed by atoms with E-state index in [1.54, 1.807) is 48.5 Å². The molecule has 0 radical (unpaired) electrons. The minimum Gasteiger partial charge on any atom is -0.507 e. The second kappa shape index (κ2) is 10.2. The van der Waals surface area contributed by atoms with Crippen LogP contribution in [-0.4, -0.2) is 37.0 Å². The van der Waals surface area contributed by atoms with Crippen LogP contribution in [0.25, 0.3) is 5.76 Å². The van der Waals surface area contributed by atoms with Crippen LogP contribution in [-0.2, 0) is 9.59 Å². The van der Waals surface area contributed by atoms with Gasteiger partial charge in [-0.05, 0) is 55.8 Å². The minimum absolute atomic E-state index is 0.00115. The number of para-hydroxylation sites is 2. The lowest BCUT2D eigenvalue weighted by Crippen LogP contribution is -2.30. The maximum atomic E-state index is 13.4. The van der Waals surface area contributed by atoms with Crippen LogP contribution in [0.4, 0.5) is 11.4 Å². The molecule has 7 heteroatoms. The molecule has 1 aliphatic heterocycles. The van der Waals surface area contributed by atoms with Crippen LogP contribution in [0.15, 0.2) is 78.4 Å². The second-order valence-corrected chi connectivity index (χ2v) is 8.55. The number of hydrogen-bond acceptors (Lipinski definition) is 5. The van der Waals surface area contributed by atoms with Crippen molar-refractivity contribution in [3.05, 3.63) is 94.5 Å². The van der Waals surface area contributed by atoms with E-state index in [4.69, 9.17) is 16.3 Å². The number of aliphatic hydroxyl groups excluding tert-OH is 1. The first kappa shape index (κ1) is 24.4. The molecule has 0 aliphatic carbocycles. The third kappa shape index (κ3) is 4.49. The lowest BCUT2D eigenvalue weighted by molar-refractivity contribution is -0.132. The van der Waals surface area contributed by atoms with Crippen LogP contribution in [0.5, 0.6) is 5.75 Å². The number of ketones is 1. The number of hydrogen-bond donors (Lipinski definition) is 1. The van der Waals surface area contributed by atoms with E-state index in [9.17, 15) is 14.7 Å². The number of Topliss-reactive ketones (excluding diaryl/α,β-unsaturated/α-hetero) is 1. The molecular formula is C28H27ClN2O4. The Bertz CT molecular complexity index is 1280. The number of rotatable bonds is 7. The number of carbonyl (C=O) groups excluding carboxylic acids is 2. The molecule has 1 amide bonds. The number of carbonyl (C=O) groups is 2. The van der Waals surface area contributed by atoms with Crippen molar-refractivity contribution in [3.8, 4) is 5.75 Å². The van der Waals surface area contributed by atoms with E-state index in [-0.39, 0.29) is 11.3 Å². The minimum atomic E-state index is -0.851. The van der Waals surface area contributed by atoms with Gasteiger partial charge < -0.3 is 14.7 Å². The molecule has 1 aliphatic rings. The summed E-state index contributed by atoms with van der Waals surface area (Å²) in [4.78, 5) is 30.3. The van der Waals surface area contributed by atoms with Crippen molar-refractivity contribution in [2.24, 2.45) is 0 Å². The van der Waals surface area contributed by atoms with Gasteiger partial charge in [0.1, 0.15) is 11.5 Å². The van der Waals surface area contributed by atoms with Crippen molar-refractivity contribution in [2.75, 3.05) is 30.0 Å². The molecule has 6 nitrogen and oxygen atoms in total. The van der Waals surface area contributed by atoms with Crippen molar-refractivity contribution in [3.63, 3.8) is 0 Å². The molecule has 1 N–H and O–H groups in total. The largest absolute Gasteiger partial charge is 0.507 e. The van der Waals surface area contributed by atoms with Gasteiger partial charge in [-0.15, -0.1) is 0 Å². The molecule has 1 fully saturated rings. The van der Waals surface area contributed by atoms with Gasteiger partial charge in [-0.1, -0.05) is 48.0 Å². The molecule has 35 heavy (non-hydrogen) atoms. The number of aliphatic hydroxyl groups is 1. The quantitative estimate of drug-likeness (QED) is 0.257. The fourth-order valence-electron chi connectivity index (χ4n) is 4.47. The smallest absolute Gasteiger partial charge is 0.300 e. The topological polar surface area (TPSA) is 70.1 Å². The third-order valence-corrected chi connectivity index (χ3v) is 6.46. The van der Waals surface area contributed by atoms with Gasteiger partial charge in [0.15, 0.2) is 0 Å². The molecule has 1 saturated heterocycles. The molecule has 1 atom stereocenters. The summed E-state index contributed by atoms with van der Waals surface area (Å²) in [6, 6.07) is 20.4. The molecular weight excluding hydrogens is 464 g/mol. The van der Waals surface area contributed by atoms with Gasteiger partial charge in [-0.3, -0.25) is 14.5 Å². The van der Waals surface area contributed by atoms with Crippen LogP contribution in [0.2, 0.25) is 5.02 Å². The third-order valence-electron chi connectivity index (χ3n) is 6.22. The number of methoxy groups -OCH3 is 1. The Morgan fingerprint density at radius 1 is 1.00 bits per heavy atom. The summed E-state index contributed by atoms with van der Waals surface area (Å²) in [6.45, 7) is 5.87. The molecule has 3 aromatic carbocycles. The highest BCUT2D eigenvalue weighted by atomic mass is 35.5. The number of anilines is 2. The monoisotopic (exact) mass is 490 g/mol. The van der Waals surface area contributed by atoms with Crippen LogP contribution < -0.4 is 14.5 Å². The van der Waals surface area contributed by atoms with E-state index < -0.39 is 17.7 Å². The maximum Gasteiger partial charge on any atom is 0.300 e. The van der Waals surface area contributed by atoms with Crippen molar-refractivity contribution >= 4 is 40.4 Å². The fourth-order valence-corrected chi connectivity index (χ4v) is 4.66. The highest BCUT2D eigenvalue weighted by Crippen LogP contribution is 2.45. The summed E-state index contributed by atoms with van der Waals surface area (Å²) < 4.78 is 5.49. The average Bonchev–Trinajstić information content (AvgIpc) is 3.14. The van der Waals surface area contributed by atoms with Gasteiger partial charge in [-0.25, -0.2) is 0 Å². The number of amides is 1. The van der Waals surface area contributed by atoms with Crippen LogP contribution in [0.1, 0.15) is 31.0 Å². The Morgan fingerprint density at radius 2 is 1.69 bits per heavy atom. The van der Waals surface area contributed by atoms with E-state index >= 15 is 0 Å². The Labute approximate surface area is 210 Å². The molecule has 3 aromatic rings. The van der Waals surface area contributed by atoms with Crippen molar-refractivity contribution in [2.45, 2.75) is 19.9 Å². The first-order chi connectivity index (χ1) is 16.9. The molecule has 1 unspecified atom stereocenters. The molecule has 0 aromatic heterocycles. The number of halogens is 1. The molecule has 1 heterocycles. The van der Waals surface area contributed by atoms with E-state index in [1.165, 1.54) is 12.0 Å². The summed E-state index contributed by atoms with van der Waals surface area (Å²) in [5.41, 5.74) is 2.52. The van der Waals surface area contributed by atoms with Crippen molar-refractivity contribution in [1.29, 1.82) is 0 Å². The number of ether oxygens (including phenoxy) is 1. The fraction of sp³-hybridized carbons (Fsp3) is 0.214. The zero-order valence-corrected chi connectivity index (χ0v) is 20.6. The van der Waals surface area contributed by atoms with E-state index in [0.29, 0.717) is 27.6 Å². The molecule has 0 saturated carbocycles. The zero-order valence-electron chi connectivity index (χ0n) is 19.9. The SMILES string of the molecule is CCN(CC)c1ccc(C2/C(=C(/O)c3cccc(Cl)c3)C(=O)C(=O)N2c2ccccc2OC)cc1. The van der Waals surface area contributed by atoms with Gasteiger partial charge in [0, 0.05) is 29.4 Å². The molecule has 0 bridgehead atoms. The van der Waals surface area contributed by atoms with Crippen LogP contribution >= 0.6 is 11.6 Å². The molecule has 0 spiro atoms.